The second-order valence-corrected chi connectivity index (χ2v) is 5.71. The summed E-state index contributed by atoms with van der Waals surface area (Å²) in [6, 6.07) is 7.81. The Bertz CT molecular complexity index is 357. The normalized spacial score (nSPS) is 24.6. The molecule has 2 rings (SSSR count). The monoisotopic (exact) mass is 223 g/mol. The van der Waals surface area contributed by atoms with Crippen LogP contribution >= 0.6 is 11.6 Å². The van der Waals surface area contributed by atoms with Crippen molar-refractivity contribution in [1.29, 1.82) is 0 Å². The summed E-state index contributed by atoms with van der Waals surface area (Å²) >= 11 is 5.88. The molecule has 15 heavy (non-hydrogen) atoms. The van der Waals surface area contributed by atoms with E-state index >= 15 is 0 Å². The van der Waals surface area contributed by atoms with Crippen molar-refractivity contribution >= 4 is 11.6 Å². The van der Waals surface area contributed by atoms with Crippen LogP contribution in [0.5, 0.6) is 0 Å². The van der Waals surface area contributed by atoms with E-state index < -0.39 is 0 Å². The van der Waals surface area contributed by atoms with Crippen LogP contribution in [0.25, 0.3) is 0 Å². The minimum atomic E-state index is -0.389. The molecule has 0 aromatic heterocycles. The Morgan fingerprint density at radius 1 is 1.20 bits per heavy atom. The molecule has 0 saturated heterocycles. The predicted molar refractivity (Wildman–Crippen MR) is 66.4 cm³/mol. The van der Waals surface area contributed by atoms with E-state index in [9.17, 15) is 0 Å². The lowest BCUT2D eigenvalue weighted by Crippen LogP contribution is -2.20. The maximum Gasteiger partial charge on any atom is 0.0406 e. The number of hydrogen-bond donors (Lipinski definition) is 0. The summed E-state index contributed by atoms with van der Waals surface area (Å²) < 4.78 is 8.57. The first-order valence-electron chi connectivity index (χ1n) is 6.17. The van der Waals surface area contributed by atoms with Crippen LogP contribution in [0, 0.1) is 5.41 Å². The standard InChI is InChI=1S/C14H19Cl/c1-14(2)9-7-12(8-10-14)11-3-5-13(15)6-4-11/h3-6,12H,7-10H2,1-2H3/i12D. The highest BCUT2D eigenvalue weighted by Crippen LogP contribution is 2.42. The summed E-state index contributed by atoms with van der Waals surface area (Å²) in [5.74, 6) is -0.389. The fraction of sp³-hybridized carbons (Fsp3) is 0.571. The third-order valence-electron chi connectivity index (χ3n) is 3.46. The molecule has 1 heteroatoms. The van der Waals surface area contributed by atoms with Crippen molar-refractivity contribution in [3.63, 3.8) is 0 Å². The summed E-state index contributed by atoms with van der Waals surface area (Å²) in [6.45, 7) is 4.60. The van der Waals surface area contributed by atoms with Gasteiger partial charge < -0.3 is 0 Å². The Morgan fingerprint density at radius 3 is 2.27 bits per heavy atom. The number of benzene rings is 1. The average Bonchev–Trinajstić information content (AvgIpc) is 2.24. The van der Waals surface area contributed by atoms with E-state index in [0.29, 0.717) is 5.41 Å². The molecule has 1 aromatic rings. The Kier molecular flexibility index (Phi) is 2.70. The van der Waals surface area contributed by atoms with E-state index in [4.69, 9.17) is 13.0 Å². The first-order chi connectivity index (χ1) is 7.41. The highest BCUT2D eigenvalue weighted by atomic mass is 35.5. The van der Waals surface area contributed by atoms with Crippen molar-refractivity contribution in [2.75, 3.05) is 0 Å². The molecule has 0 amide bonds. The lowest BCUT2D eigenvalue weighted by atomic mass is 9.71. The summed E-state index contributed by atoms with van der Waals surface area (Å²) in [5, 5.41) is 0.753. The molecule has 0 spiro atoms. The molecule has 0 bridgehead atoms. The highest BCUT2D eigenvalue weighted by Gasteiger charge is 2.27. The van der Waals surface area contributed by atoms with Gasteiger partial charge in [-0.1, -0.05) is 37.6 Å². The summed E-state index contributed by atoms with van der Waals surface area (Å²) in [4.78, 5) is 0. The molecule has 0 radical (unpaired) electrons. The molecule has 0 nitrogen and oxygen atoms in total. The second-order valence-electron chi connectivity index (χ2n) is 5.27. The van der Waals surface area contributed by atoms with E-state index in [-0.39, 0.29) is 5.89 Å². The quantitative estimate of drug-likeness (QED) is 0.627. The number of rotatable bonds is 1. The number of hydrogen-bond acceptors (Lipinski definition) is 0. The van der Waals surface area contributed by atoms with Gasteiger partial charge in [-0.2, -0.15) is 0 Å². The number of halogens is 1. The molecule has 0 unspecified atom stereocenters. The zero-order valence-electron chi connectivity index (χ0n) is 10.5. The van der Waals surface area contributed by atoms with Gasteiger partial charge in [-0.05, 0) is 54.7 Å². The fourth-order valence-electron chi connectivity index (χ4n) is 2.20. The van der Waals surface area contributed by atoms with Gasteiger partial charge in [0.2, 0.25) is 0 Å². The lowest BCUT2D eigenvalue weighted by molar-refractivity contribution is 0.224. The van der Waals surface area contributed by atoms with Gasteiger partial charge in [0.25, 0.3) is 0 Å². The minimum Gasteiger partial charge on any atom is -0.0843 e. The van der Waals surface area contributed by atoms with Crippen LogP contribution in [-0.4, -0.2) is 0 Å². The molecule has 1 aliphatic carbocycles. The molecule has 0 N–H and O–H groups in total. The van der Waals surface area contributed by atoms with Crippen LogP contribution < -0.4 is 0 Å². The van der Waals surface area contributed by atoms with E-state index in [0.717, 1.165) is 36.3 Å². The third kappa shape index (κ3) is 2.75. The van der Waals surface area contributed by atoms with Crippen molar-refractivity contribution in [3.05, 3.63) is 34.9 Å². The maximum atomic E-state index is 8.57. The Balaban J connectivity index is 2.18. The fourth-order valence-corrected chi connectivity index (χ4v) is 2.33. The first kappa shape index (κ1) is 9.72. The van der Waals surface area contributed by atoms with Crippen molar-refractivity contribution in [2.24, 2.45) is 5.41 Å². The second kappa shape index (κ2) is 4.17. The molecule has 1 aliphatic rings. The van der Waals surface area contributed by atoms with Gasteiger partial charge in [-0.25, -0.2) is 0 Å². The largest absolute Gasteiger partial charge is 0.0843 e. The maximum absolute atomic E-state index is 8.57. The predicted octanol–water partition coefficient (Wildman–Crippen LogP) is 5.02. The van der Waals surface area contributed by atoms with E-state index in [2.05, 4.69) is 13.8 Å². The Morgan fingerprint density at radius 2 is 1.73 bits per heavy atom. The van der Waals surface area contributed by atoms with Gasteiger partial charge in [0.1, 0.15) is 0 Å². The topological polar surface area (TPSA) is 0 Å². The lowest BCUT2D eigenvalue weighted by Gasteiger charge is -2.34. The SMILES string of the molecule is [2H]C1(c2ccc(Cl)cc2)CCC(C)(C)CC1. The van der Waals surface area contributed by atoms with Crippen molar-refractivity contribution in [1.82, 2.24) is 0 Å². The van der Waals surface area contributed by atoms with E-state index in [1.165, 1.54) is 0 Å². The van der Waals surface area contributed by atoms with Crippen LogP contribution in [-0.2, 0) is 0 Å². The van der Waals surface area contributed by atoms with Gasteiger partial charge in [-0.15, -0.1) is 0 Å². The van der Waals surface area contributed by atoms with Crippen molar-refractivity contribution in [2.45, 2.75) is 45.4 Å². The molecule has 0 heterocycles. The molecule has 1 saturated carbocycles. The molecule has 0 atom stereocenters. The molecule has 0 aliphatic heterocycles. The zero-order valence-corrected chi connectivity index (χ0v) is 10.3. The van der Waals surface area contributed by atoms with Gasteiger partial charge in [-0.3, -0.25) is 0 Å². The van der Waals surface area contributed by atoms with Crippen molar-refractivity contribution in [3.8, 4) is 0 Å². The summed E-state index contributed by atoms with van der Waals surface area (Å²) in [6.07, 6.45) is 4.20. The van der Waals surface area contributed by atoms with Crippen molar-refractivity contribution < 1.29 is 1.37 Å². The minimum absolute atomic E-state index is 0.389. The summed E-state index contributed by atoms with van der Waals surface area (Å²) in [7, 11) is 0. The van der Waals surface area contributed by atoms with Crippen LogP contribution in [0.1, 0.15) is 52.4 Å². The Labute approximate surface area is 99.1 Å². The third-order valence-corrected chi connectivity index (χ3v) is 3.71. The van der Waals surface area contributed by atoms with Crippen LogP contribution in [0.2, 0.25) is 5.02 Å². The summed E-state index contributed by atoms with van der Waals surface area (Å²) in [5.41, 5.74) is 1.53. The molecule has 1 fully saturated rings. The molecule has 82 valence electrons. The van der Waals surface area contributed by atoms with Crippen LogP contribution in [0.15, 0.2) is 24.3 Å². The van der Waals surface area contributed by atoms with Gasteiger partial charge in [0, 0.05) is 6.39 Å². The van der Waals surface area contributed by atoms with Gasteiger partial charge >= 0.3 is 0 Å². The average molecular weight is 224 g/mol. The van der Waals surface area contributed by atoms with Crippen LogP contribution in [0.3, 0.4) is 0 Å². The smallest absolute Gasteiger partial charge is 0.0406 e. The molecular formula is C14H19Cl. The first-order valence-corrected chi connectivity index (χ1v) is 6.05. The zero-order chi connectivity index (χ0) is 11.8. The molecule has 1 aromatic carbocycles. The van der Waals surface area contributed by atoms with E-state index in [1.807, 2.05) is 24.3 Å². The van der Waals surface area contributed by atoms with E-state index in [1.54, 1.807) is 0 Å². The van der Waals surface area contributed by atoms with Gasteiger partial charge in [0.05, 0.1) is 0 Å². The molecular weight excluding hydrogens is 204 g/mol. The van der Waals surface area contributed by atoms with Gasteiger partial charge in [0.15, 0.2) is 0 Å². The van der Waals surface area contributed by atoms with Crippen LogP contribution in [0.4, 0.5) is 0 Å². The Hall–Kier alpha value is -0.490. The highest BCUT2D eigenvalue weighted by molar-refractivity contribution is 6.30.